The van der Waals surface area contributed by atoms with E-state index in [1.807, 2.05) is 0 Å². The van der Waals surface area contributed by atoms with Crippen LogP contribution in [-0.2, 0) is 10.0 Å². The van der Waals surface area contributed by atoms with Crippen molar-refractivity contribution in [3.8, 4) is 0 Å². The van der Waals surface area contributed by atoms with Crippen LogP contribution >= 0.6 is 0 Å². The fourth-order valence-electron chi connectivity index (χ4n) is 2.22. The average Bonchev–Trinajstić information content (AvgIpc) is 2.37. The van der Waals surface area contributed by atoms with E-state index >= 15 is 0 Å². The third kappa shape index (κ3) is 3.14. The predicted octanol–water partition coefficient (Wildman–Crippen LogP) is 0.713. The number of rotatable bonds is 3. The molecule has 2 rings (SSSR count). The van der Waals surface area contributed by atoms with Crippen LogP contribution < -0.4 is 5.73 Å². The van der Waals surface area contributed by atoms with Crippen molar-refractivity contribution in [1.29, 1.82) is 0 Å². The lowest BCUT2D eigenvalue weighted by Crippen LogP contribution is -2.45. The van der Waals surface area contributed by atoms with E-state index in [1.54, 1.807) is 6.92 Å². The van der Waals surface area contributed by atoms with Crippen LogP contribution in [0.15, 0.2) is 23.1 Å². The van der Waals surface area contributed by atoms with Crippen molar-refractivity contribution in [3.63, 3.8) is 0 Å². The number of nitrogens with zero attached hydrogens (tertiary/aromatic N) is 2. The lowest BCUT2D eigenvalue weighted by molar-refractivity contribution is -0.383. The zero-order chi connectivity index (χ0) is 15.8. The molecule has 3 N–H and O–H groups in total. The van der Waals surface area contributed by atoms with Crippen LogP contribution in [0.5, 0.6) is 0 Å². The first kappa shape index (κ1) is 15.7. The Kier molecular flexibility index (Phi) is 3.91. The second-order valence-electron chi connectivity index (χ2n) is 5.38. The first-order valence-electron chi connectivity index (χ1n) is 6.40. The summed E-state index contributed by atoms with van der Waals surface area (Å²) in [6.07, 6.45) is 0.684. The van der Waals surface area contributed by atoms with Gasteiger partial charge in [0.05, 0.1) is 15.4 Å². The smallest absolute Gasteiger partial charge is 0.292 e. The Morgan fingerprint density at radius 3 is 2.43 bits per heavy atom. The summed E-state index contributed by atoms with van der Waals surface area (Å²) in [6.45, 7) is 2.07. The van der Waals surface area contributed by atoms with E-state index < -0.39 is 20.5 Å². The number of piperidine rings is 1. The van der Waals surface area contributed by atoms with E-state index in [4.69, 9.17) is 5.73 Å². The highest BCUT2D eigenvalue weighted by Gasteiger charge is 2.34. The van der Waals surface area contributed by atoms with E-state index in [2.05, 4.69) is 0 Å². The number of nitro groups is 1. The first-order valence-corrected chi connectivity index (χ1v) is 7.84. The van der Waals surface area contributed by atoms with Crippen LogP contribution in [0.4, 0.5) is 11.4 Å². The van der Waals surface area contributed by atoms with E-state index in [9.17, 15) is 23.6 Å². The summed E-state index contributed by atoms with van der Waals surface area (Å²) in [5.74, 6) is 0. The molecule has 0 bridgehead atoms. The molecular formula is C12H17N3O5S. The third-order valence-electron chi connectivity index (χ3n) is 3.63. The van der Waals surface area contributed by atoms with Gasteiger partial charge in [0, 0.05) is 19.2 Å². The average molecular weight is 315 g/mol. The van der Waals surface area contributed by atoms with Crippen LogP contribution in [-0.4, -0.2) is 41.4 Å². The Morgan fingerprint density at radius 2 is 1.95 bits per heavy atom. The number of hydrogen-bond donors (Lipinski definition) is 2. The van der Waals surface area contributed by atoms with Gasteiger partial charge in [-0.25, -0.2) is 8.42 Å². The molecule has 0 saturated carbocycles. The highest BCUT2D eigenvalue weighted by molar-refractivity contribution is 7.89. The fourth-order valence-corrected chi connectivity index (χ4v) is 3.69. The number of aliphatic hydroxyl groups is 1. The fraction of sp³-hybridized carbons (Fsp3) is 0.500. The Morgan fingerprint density at radius 1 is 1.38 bits per heavy atom. The number of nitrogens with two attached hydrogens (primary N) is 1. The molecule has 1 aliphatic rings. The number of benzene rings is 1. The molecule has 0 spiro atoms. The van der Waals surface area contributed by atoms with Crippen LogP contribution in [0.3, 0.4) is 0 Å². The van der Waals surface area contributed by atoms with Gasteiger partial charge in [0.25, 0.3) is 5.69 Å². The summed E-state index contributed by atoms with van der Waals surface area (Å²) < 4.78 is 26.2. The van der Waals surface area contributed by atoms with E-state index in [-0.39, 0.29) is 29.4 Å². The molecule has 1 fully saturated rings. The second-order valence-corrected chi connectivity index (χ2v) is 7.32. The standard InChI is InChI=1S/C12H17N3O5S/c1-12(16)4-6-14(7-5-12)21(19,20)9-2-3-11(15(17)18)10(13)8-9/h2-3,8,16H,4-7,13H2,1H3. The van der Waals surface area contributed by atoms with Gasteiger partial charge in [0.2, 0.25) is 10.0 Å². The molecule has 8 nitrogen and oxygen atoms in total. The maximum Gasteiger partial charge on any atom is 0.292 e. The van der Waals surface area contributed by atoms with Crippen LogP contribution in [0.2, 0.25) is 0 Å². The van der Waals surface area contributed by atoms with Gasteiger partial charge in [-0.3, -0.25) is 10.1 Å². The quantitative estimate of drug-likeness (QED) is 0.480. The highest BCUT2D eigenvalue weighted by Crippen LogP contribution is 2.29. The molecule has 1 aliphatic heterocycles. The van der Waals surface area contributed by atoms with E-state index in [0.29, 0.717) is 12.8 Å². The summed E-state index contributed by atoms with van der Waals surface area (Å²) >= 11 is 0. The molecule has 1 heterocycles. The SMILES string of the molecule is CC1(O)CCN(S(=O)(=O)c2ccc([N+](=O)[O-])c(N)c2)CC1. The van der Waals surface area contributed by atoms with Gasteiger partial charge in [0.1, 0.15) is 5.69 Å². The number of hydrogen-bond acceptors (Lipinski definition) is 6. The van der Waals surface area contributed by atoms with E-state index in [1.165, 1.54) is 10.4 Å². The number of anilines is 1. The number of nitro benzene ring substituents is 1. The van der Waals surface area contributed by atoms with Crippen molar-refractivity contribution in [2.75, 3.05) is 18.8 Å². The van der Waals surface area contributed by atoms with Crippen LogP contribution in [0, 0.1) is 10.1 Å². The predicted molar refractivity (Wildman–Crippen MR) is 76.1 cm³/mol. The first-order chi connectivity index (χ1) is 9.63. The minimum atomic E-state index is -3.76. The van der Waals surface area contributed by atoms with Gasteiger partial charge in [0.15, 0.2) is 0 Å². The molecule has 0 atom stereocenters. The third-order valence-corrected chi connectivity index (χ3v) is 5.53. The molecule has 9 heteroatoms. The van der Waals surface area contributed by atoms with Gasteiger partial charge in [-0.15, -0.1) is 0 Å². The summed E-state index contributed by atoms with van der Waals surface area (Å²) in [5, 5.41) is 20.5. The van der Waals surface area contributed by atoms with Crippen molar-refractivity contribution < 1.29 is 18.4 Å². The Bertz CT molecular complexity index is 661. The zero-order valence-corrected chi connectivity index (χ0v) is 12.3. The summed E-state index contributed by atoms with van der Waals surface area (Å²) in [6, 6.07) is 3.36. The molecule has 0 amide bonds. The minimum absolute atomic E-state index is 0.0767. The second kappa shape index (κ2) is 5.24. The monoisotopic (exact) mass is 315 g/mol. The van der Waals surface area contributed by atoms with Crippen LogP contribution in [0.25, 0.3) is 0 Å². The van der Waals surface area contributed by atoms with Gasteiger partial charge in [-0.1, -0.05) is 0 Å². The normalized spacial score (nSPS) is 19.3. The van der Waals surface area contributed by atoms with Gasteiger partial charge >= 0.3 is 0 Å². The molecule has 0 radical (unpaired) electrons. The van der Waals surface area contributed by atoms with E-state index in [0.717, 1.165) is 12.1 Å². The Balaban J connectivity index is 2.28. The highest BCUT2D eigenvalue weighted by atomic mass is 32.2. The Labute approximate surface area is 122 Å². The summed E-state index contributed by atoms with van der Waals surface area (Å²) in [5.41, 5.74) is 4.15. The van der Waals surface area contributed by atoms with Crippen molar-refractivity contribution in [2.24, 2.45) is 0 Å². The van der Waals surface area contributed by atoms with Gasteiger partial charge in [-0.05, 0) is 31.9 Å². The Hall–Kier alpha value is -1.71. The van der Waals surface area contributed by atoms with Crippen molar-refractivity contribution in [2.45, 2.75) is 30.3 Å². The topological polar surface area (TPSA) is 127 Å². The number of sulfonamides is 1. The minimum Gasteiger partial charge on any atom is -0.393 e. The molecule has 1 aromatic rings. The van der Waals surface area contributed by atoms with Crippen molar-refractivity contribution in [3.05, 3.63) is 28.3 Å². The van der Waals surface area contributed by atoms with Gasteiger partial charge in [-0.2, -0.15) is 4.31 Å². The molecule has 0 unspecified atom stereocenters. The number of nitrogen functional groups attached to an aromatic ring is 1. The zero-order valence-electron chi connectivity index (χ0n) is 11.5. The molecule has 0 aromatic heterocycles. The van der Waals surface area contributed by atoms with Crippen molar-refractivity contribution in [1.82, 2.24) is 4.31 Å². The lowest BCUT2D eigenvalue weighted by Gasteiger charge is -2.34. The summed E-state index contributed by atoms with van der Waals surface area (Å²) in [4.78, 5) is 9.95. The molecule has 116 valence electrons. The largest absolute Gasteiger partial charge is 0.393 e. The molecule has 1 aromatic carbocycles. The molecular weight excluding hydrogens is 298 g/mol. The van der Waals surface area contributed by atoms with Gasteiger partial charge < -0.3 is 10.8 Å². The molecule has 21 heavy (non-hydrogen) atoms. The molecule has 1 saturated heterocycles. The maximum absolute atomic E-state index is 12.5. The van der Waals surface area contributed by atoms with Crippen molar-refractivity contribution >= 4 is 21.4 Å². The van der Waals surface area contributed by atoms with Crippen LogP contribution in [0.1, 0.15) is 19.8 Å². The molecule has 0 aliphatic carbocycles. The lowest BCUT2D eigenvalue weighted by atomic mass is 9.95. The summed E-state index contributed by atoms with van der Waals surface area (Å²) in [7, 11) is -3.76. The maximum atomic E-state index is 12.5.